The molecule has 1 aliphatic rings. The molecule has 0 bridgehead atoms. The predicted octanol–water partition coefficient (Wildman–Crippen LogP) is 5.27. The van der Waals surface area contributed by atoms with Crippen molar-refractivity contribution < 1.29 is 26.7 Å². The lowest BCUT2D eigenvalue weighted by atomic mass is 10.0. The Kier molecular flexibility index (Phi) is 6.64. The summed E-state index contributed by atoms with van der Waals surface area (Å²) in [5, 5.41) is 3.97. The Balaban J connectivity index is 1.38. The number of rotatable bonds is 4. The molecule has 1 saturated heterocycles. The average molecular weight is 530 g/mol. The third-order valence-corrected chi connectivity index (χ3v) is 6.82. The van der Waals surface area contributed by atoms with Crippen LogP contribution in [-0.4, -0.2) is 56.5 Å². The quantitative estimate of drug-likeness (QED) is 0.338. The summed E-state index contributed by atoms with van der Waals surface area (Å²) in [6, 6.07) is 11.5. The maximum Gasteiger partial charge on any atom is 0.433 e. The van der Waals surface area contributed by atoms with Crippen molar-refractivity contribution in [2.45, 2.75) is 26.6 Å². The van der Waals surface area contributed by atoms with E-state index in [1.54, 1.807) is 12.1 Å². The van der Waals surface area contributed by atoms with Gasteiger partial charge in [-0.1, -0.05) is 24.3 Å². The molecule has 1 aliphatic heterocycles. The molecule has 11 heteroatoms. The van der Waals surface area contributed by atoms with Crippen molar-refractivity contribution in [3.63, 3.8) is 0 Å². The molecule has 0 atom stereocenters. The van der Waals surface area contributed by atoms with Gasteiger partial charge in [0.1, 0.15) is 0 Å². The highest BCUT2D eigenvalue weighted by molar-refractivity contribution is 5.93. The van der Waals surface area contributed by atoms with Crippen LogP contribution in [0.1, 0.15) is 32.9 Å². The molecule has 1 amide bonds. The van der Waals surface area contributed by atoms with Crippen LogP contribution in [0, 0.1) is 25.5 Å². The number of aromatic nitrogens is 3. The van der Waals surface area contributed by atoms with Gasteiger partial charge in [-0.2, -0.15) is 18.3 Å². The topological polar surface area (TPSA) is 53.7 Å². The summed E-state index contributed by atoms with van der Waals surface area (Å²) in [4.78, 5) is 20.9. The lowest BCUT2D eigenvalue weighted by molar-refractivity contribution is -0.142. The first-order chi connectivity index (χ1) is 18.0. The average Bonchev–Trinajstić information content (AvgIpc) is 3.31. The van der Waals surface area contributed by atoms with E-state index in [9.17, 15) is 26.7 Å². The zero-order chi connectivity index (χ0) is 27.2. The summed E-state index contributed by atoms with van der Waals surface area (Å²) in [6.07, 6.45) is -4.72. The van der Waals surface area contributed by atoms with Crippen LogP contribution in [-0.2, 0) is 12.7 Å². The van der Waals surface area contributed by atoms with Gasteiger partial charge < -0.3 is 4.90 Å². The minimum atomic E-state index is -4.72. The molecule has 1 fully saturated rings. The maximum absolute atomic E-state index is 14.0. The highest BCUT2D eigenvalue weighted by Gasteiger charge is 2.36. The first-order valence-corrected chi connectivity index (χ1v) is 12.0. The molecule has 2 aromatic heterocycles. The number of fused-ring (bicyclic) bond motifs is 1. The molecular formula is C27H24F5N5O. The summed E-state index contributed by atoms with van der Waals surface area (Å²) >= 11 is 0. The Labute approximate surface area is 215 Å². The SMILES string of the molecule is Cc1ccc(-c2cc(C(F)(F)F)n3nc(C(=O)N4CCN(Cc5cccc(F)c5F)CC4)cc3n2)cc1C. The van der Waals surface area contributed by atoms with E-state index >= 15 is 0 Å². The highest BCUT2D eigenvalue weighted by Crippen LogP contribution is 2.33. The molecule has 198 valence electrons. The molecule has 0 aliphatic carbocycles. The van der Waals surface area contributed by atoms with Crippen molar-refractivity contribution >= 4 is 11.6 Å². The Morgan fingerprint density at radius 1 is 0.947 bits per heavy atom. The number of aryl methyl sites for hydroxylation is 2. The molecule has 5 rings (SSSR count). The van der Waals surface area contributed by atoms with E-state index < -0.39 is 29.4 Å². The molecule has 0 N–H and O–H groups in total. The fourth-order valence-electron chi connectivity index (χ4n) is 4.51. The van der Waals surface area contributed by atoms with Crippen LogP contribution in [0.5, 0.6) is 0 Å². The maximum atomic E-state index is 14.0. The van der Waals surface area contributed by atoms with Gasteiger partial charge in [-0.25, -0.2) is 18.3 Å². The van der Waals surface area contributed by atoms with Crippen LogP contribution < -0.4 is 0 Å². The van der Waals surface area contributed by atoms with Crippen LogP contribution in [0.4, 0.5) is 22.0 Å². The fraction of sp³-hybridized carbons (Fsp3) is 0.296. The van der Waals surface area contributed by atoms with Crippen molar-refractivity contribution in [2.75, 3.05) is 26.2 Å². The Morgan fingerprint density at radius 3 is 2.37 bits per heavy atom. The van der Waals surface area contributed by atoms with Crippen molar-refractivity contribution in [3.05, 3.63) is 88.2 Å². The number of nitrogens with zero attached hydrogens (tertiary/aromatic N) is 5. The van der Waals surface area contributed by atoms with E-state index in [0.29, 0.717) is 23.2 Å². The number of hydrogen-bond donors (Lipinski definition) is 0. The van der Waals surface area contributed by atoms with E-state index in [0.717, 1.165) is 23.3 Å². The van der Waals surface area contributed by atoms with Crippen LogP contribution in [0.25, 0.3) is 16.9 Å². The molecule has 0 unspecified atom stereocenters. The predicted molar refractivity (Wildman–Crippen MR) is 130 cm³/mol. The van der Waals surface area contributed by atoms with Gasteiger partial charge in [0.15, 0.2) is 28.7 Å². The number of piperazine rings is 1. The molecule has 6 nitrogen and oxygen atoms in total. The lowest BCUT2D eigenvalue weighted by Crippen LogP contribution is -2.48. The fourth-order valence-corrected chi connectivity index (χ4v) is 4.51. The number of hydrogen-bond acceptors (Lipinski definition) is 4. The van der Waals surface area contributed by atoms with Gasteiger partial charge in [-0.05, 0) is 43.2 Å². The number of alkyl halides is 3. The molecule has 0 spiro atoms. The summed E-state index contributed by atoms with van der Waals surface area (Å²) < 4.78 is 70.0. The molecular weight excluding hydrogens is 505 g/mol. The van der Waals surface area contributed by atoms with Crippen LogP contribution in [0.2, 0.25) is 0 Å². The van der Waals surface area contributed by atoms with Gasteiger partial charge in [0.25, 0.3) is 5.91 Å². The number of benzene rings is 2. The molecule has 4 aromatic rings. The summed E-state index contributed by atoms with van der Waals surface area (Å²) in [5.74, 6) is -2.34. The van der Waals surface area contributed by atoms with Crippen LogP contribution >= 0.6 is 0 Å². The smallest absolute Gasteiger partial charge is 0.335 e. The number of amides is 1. The van der Waals surface area contributed by atoms with E-state index in [2.05, 4.69) is 10.1 Å². The summed E-state index contributed by atoms with van der Waals surface area (Å²) in [5.41, 5.74) is 1.53. The minimum absolute atomic E-state index is 0.0865. The van der Waals surface area contributed by atoms with Crippen LogP contribution in [0.3, 0.4) is 0 Å². The number of halogens is 5. The highest BCUT2D eigenvalue weighted by atomic mass is 19.4. The van der Waals surface area contributed by atoms with Gasteiger partial charge in [-0.3, -0.25) is 9.69 Å². The van der Waals surface area contributed by atoms with Crippen molar-refractivity contribution in [2.24, 2.45) is 0 Å². The van der Waals surface area contributed by atoms with Crippen molar-refractivity contribution in [1.82, 2.24) is 24.4 Å². The second-order valence-electron chi connectivity index (χ2n) is 9.40. The zero-order valence-electron chi connectivity index (χ0n) is 20.7. The zero-order valence-corrected chi connectivity index (χ0v) is 20.7. The van der Waals surface area contributed by atoms with Crippen LogP contribution in [0.15, 0.2) is 48.5 Å². The normalized spacial score (nSPS) is 14.9. The van der Waals surface area contributed by atoms with Crippen molar-refractivity contribution in [3.8, 4) is 11.3 Å². The number of carbonyl (C=O) groups excluding carboxylic acids is 1. The van der Waals surface area contributed by atoms with E-state index in [-0.39, 0.29) is 42.2 Å². The Bertz CT molecular complexity index is 1520. The Morgan fingerprint density at radius 2 is 1.68 bits per heavy atom. The van der Waals surface area contributed by atoms with Gasteiger partial charge in [0.2, 0.25) is 0 Å². The number of carbonyl (C=O) groups is 1. The molecule has 38 heavy (non-hydrogen) atoms. The second kappa shape index (κ2) is 9.79. The summed E-state index contributed by atoms with van der Waals surface area (Å²) in [7, 11) is 0. The Hall–Kier alpha value is -3.86. The lowest BCUT2D eigenvalue weighted by Gasteiger charge is -2.34. The standard InChI is InChI=1S/C27H24F5N5O/c1-16-6-7-18(12-17(16)2)21-13-23(27(30,31)32)37-24(33-21)14-22(34-37)26(38)36-10-8-35(9-11-36)15-19-4-3-5-20(28)25(19)29/h3-7,12-14H,8-11,15H2,1-2H3. The van der Waals surface area contributed by atoms with Gasteiger partial charge in [0, 0.05) is 49.9 Å². The first-order valence-electron chi connectivity index (χ1n) is 12.0. The molecule has 3 heterocycles. The molecule has 2 aromatic carbocycles. The monoisotopic (exact) mass is 529 g/mol. The van der Waals surface area contributed by atoms with Gasteiger partial charge >= 0.3 is 6.18 Å². The minimum Gasteiger partial charge on any atom is -0.335 e. The first kappa shape index (κ1) is 25.8. The molecule has 0 saturated carbocycles. The largest absolute Gasteiger partial charge is 0.433 e. The third-order valence-electron chi connectivity index (χ3n) is 6.82. The summed E-state index contributed by atoms with van der Waals surface area (Å²) in [6.45, 7) is 5.25. The van der Waals surface area contributed by atoms with Gasteiger partial charge in [-0.15, -0.1) is 0 Å². The van der Waals surface area contributed by atoms with E-state index in [1.165, 1.54) is 23.1 Å². The van der Waals surface area contributed by atoms with Gasteiger partial charge in [0.05, 0.1) is 5.69 Å². The van der Waals surface area contributed by atoms with Crippen molar-refractivity contribution in [1.29, 1.82) is 0 Å². The second-order valence-corrected chi connectivity index (χ2v) is 9.40. The van der Waals surface area contributed by atoms with E-state index in [4.69, 9.17) is 0 Å². The van der Waals surface area contributed by atoms with E-state index in [1.807, 2.05) is 24.8 Å². The third kappa shape index (κ3) is 4.98. The molecule has 0 radical (unpaired) electrons.